The van der Waals surface area contributed by atoms with Crippen molar-refractivity contribution in [2.24, 2.45) is 5.92 Å². The number of rotatable bonds is 3. The number of likely N-dealkylation sites (tertiary alicyclic amines) is 1. The standard InChI is InChI=1S/C19H26N4O3/c1-13-5-6-16-17(20-13)21-19(26-16)22-10-7-14(8-11-22)18(25)23-9-3-2-4-15(23)12-24/h5-6,14-15,24H,2-4,7-12H2,1H3. The lowest BCUT2D eigenvalue weighted by atomic mass is 9.93. The molecule has 0 aromatic carbocycles. The number of aliphatic hydroxyl groups is 1. The number of carbonyl (C=O) groups is 1. The Labute approximate surface area is 153 Å². The zero-order valence-corrected chi connectivity index (χ0v) is 15.2. The van der Waals surface area contributed by atoms with Crippen molar-refractivity contribution in [3.05, 3.63) is 17.8 Å². The largest absolute Gasteiger partial charge is 0.422 e. The van der Waals surface area contributed by atoms with Crippen molar-refractivity contribution < 1.29 is 14.3 Å². The predicted octanol–water partition coefficient (Wildman–Crippen LogP) is 2.12. The smallest absolute Gasteiger partial charge is 0.299 e. The van der Waals surface area contributed by atoms with Gasteiger partial charge in [0.25, 0.3) is 6.01 Å². The lowest BCUT2D eigenvalue weighted by Gasteiger charge is -2.39. The van der Waals surface area contributed by atoms with Gasteiger partial charge in [-0.15, -0.1) is 0 Å². The van der Waals surface area contributed by atoms with Crippen molar-refractivity contribution in [2.45, 2.75) is 45.1 Å². The first-order chi connectivity index (χ1) is 12.7. The second kappa shape index (κ2) is 7.23. The maximum atomic E-state index is 12.9. The average molecular weight is 358 g/mol. The van der Waals surface area contributed by atoms with E-state index in [1.165, 1.54) is 0 Å². The Morgan fingerprint density at radius 2 is 2.00 bits per heavy atom. The number of anilines is 1. The fraction of sp³-hybridized carbons (Fsp3) is 0.632. The van der Waals surface area contributed by atoms with E-state index in [1.807, 2.05) is 24.0 Å². The molecule has 2 saturated heterocycles. The number of carbonyl (C=O) groups excluding carboxylic acids is 1. The first-order valence-electron chi connectivity index (χ1n) is 9.56. The van der Waals surface area contributed by atoms with Gasteiger partial charge < -0.3 is 19.3 Å². The highest BCUT2D eigenvalue weighted by molar-refractivity contribution is 5.79. The highest BCUT2D eigenvalue weighted by Gasteiger charge is 2.34. The molecule has 0 bridgehead atoms. The molecule has 2 aliphatic heterocycles. The van der Waals surface area contributed by atoms with Gasteiger partial charge in [0.1, 0.15) is 0 Å². The third kappa shape index (κ3) is 3.28. The molecule has 1 amide bonds. The number of aromatic nitrogens is 2. The van der Waals surface area contributed by atoms with Crippen LogP contribution in [0.5, 0.6) is 0 Å². The van der Waals surface area contributed by atoms with Crippen LogP contribution in [0.1, 0.15) is 37.8 Å². The van der Waals surface area contributed by atoms with Gasteiger partial charge >= 0.3 is 0 Å². The number of hydrogen-bond acceptors (Lipinski definition) is 6. The normalized spacial score (nSPS) is 22.2. The first-order valence-corrected chi connectivity index (χ1v) is 9.56. The van der Waals surface area contributed by atoms with E-state index in [9.17, 15) is 9.90 Å². The van der Waals surface area contributed by atoms with Gasteiger partial charge in [0, 0.05) is 31.2 Å². The molecule has 7 nitrogen and oxygen atoms in total. The van der Waals surface area contributed by atoms with Gasteiger partial charge in [0.2, 0.25) is 11.6 Å². The summed E-state index contributed by atoms with van der Waals surface area (Å²) in [5.41, 5.74) is 2.25. The number of nitrogens with zero attached hydrogens (tertiary/aromatic N) is 4. The van der Waals surface area contributed by atoms with Crippen LogP contribution in [-0.4, -0.2) is 58.2 Å². The molecule has 2 aliphatic rings. The zero-order valence-electron chi connectivity index (χ0n) is 15.2. The first kappa shape index (κ1) is 17.3. The Kier molecular flexibility index (Phi) is 4.80. The maximum absolute atomic E-state index is 12.9. The van der Waals surface area contributed by atoms with Crippen LogP contribution < -0.4 is 4.90 Å². The van der Waals surface area contributed by atoms with Gasteiger partial charge in [-0.05, 0) is 51.2 Å². The molecule has 1 N–H and O–H groups in total. The summed E-state index contributed by atoms with van der Waals surface area (Å²) < 4.78 is 5.83. The molecule has 0 spiro atoms. The number of aliphatic hydroxyl groups excluding tert-OH is 1. The van der Waals surface area contributed by atoms with Crippen molar-refractivity contribution in [3.63, 3.8) is 0 Å². The number of pyridine rings is 1. The number of fused-ring (bicyclic) bond motifs is 1. The average Bonchev–Trinajstić information content (AvgIpc) is 3.10. The van der Waals surface area contributed by atoms with Gasteiger partial charge in [-0.25, -0.2) is 4.98 Å². The van der Waals surface area contributed by atoms with E-state index in [1.54, 1.807) is 0 Å². The molecule has 0 radical (unpaired) electrons. The van der Waals surface area contributed by atoms with Crippen LogP contribution in [0, 0.1) is 12.8 Å². The molecule has 2 aromatic heterocycles. The molecule has 1 atom stereocenters. The molecule has 1 unspecified atom stereocenters. The molecular weight excluding hydrogens is 332 g/mol. The number of hydrogen-bond donors (Lipinski definition) is 1. The van der Waals surface area contributed by atoms with Crippen LogP contribution in [0.4, 0.5) is 6.01 Å². The van der Waals surface area contributed by atoms with Crippen LogP contribution in [0.15, 0.2) is 16.5 Å². The minimum atomic E-state index is 0.000586. The van der Waals surface area contributed by atoms with E-state index in [2.05, 4.69) is 14.9 Å². The molecule has 0 saturated carbocycles. The number of aryl methyl sites for hydroxylation is 1. The zero-order chi connectivity index (χ0) is 18.1. The second-order valence-electron chi connectivity index (χ2n) is 7.40. The summed E-state index contributed by atoms with van der Waals surface area (Å²) in [5.74, 6) is 0.237. The van der Waals surface area contributed by atoms with E-state index in [-0.39, 0.29) is 24.5 Å². The summed E-state index contributed by atoms with van der Waals surface area (Å²) in [7, 11) is 0. The molecule has 4 rings (SSSR count). The Hall–Kier alpha value is -2.15. The van der Waals surface area contributed by atoms with Gasteiger partial charge in [0.05, 0.1) is 12.6 Å². The van der Waals surface area contributed by atoms with Crippen molar-refractivity contribution in [1.29, 1.82) is 0 Å². The third-order valence-electron chi connectivity index (χ3n) is 5.62. The lowest BCUT2D eigenvalue weighted by molar-refractivity contribution is -0.141. The predicted molar refractivity (Wildman–Crippen MR) is 97.9 cm³/mol. The quantitative estimate of drug-likeness (QED) is 0.905. The van der Waals surface area contributed by atoms with E-state index < -0.39 is 0 Å². The summed E-state index contributed by atoms with van der Waals surface area (Å²) >= 11 is 0. The van der Waals surface area contributed by atoms with Crippen molar-refractivity contribution >= 4 is 23.2 Å². The monoisotopic (exact) mass is 358 g/mol. The number of oxazole rings is 1. The molecule has 4 heterocycles. The third-order valence-corrected chi connectivity index (χ3v) is 5.62. The molecular formula is C19H26N4O3. The lowest BCUT2D eigenvalue weighted by Crippen LogP contribution is -2.50. The van der Waals surface area contributed by atoms with Crippen molar-refractivity contribution in [3.8, 4) is 0 Å². The van der Waals surface area contributed by atoms with Crippen LogP contribution in [0.25, 0.3) is 11.2 Å². The Balaban J connectivity index is 1.40. The maximum Gasteiger partial charge on any atom is 0.299 e. The molecule has 2 fully saturated rings. The molecule has 2 aromatic rings. The van der Waals surface area contributed by atoms with Crippen molar-refractivity contribution in [2.75, 3.05) is 31.1 Å². The molecule has 140 valence electrons. The van der Waals surface area contributed by atoms with Crippen LogP contribution in [0.2, 0.25) is 0 Å². The highest BCUT2D eigenvalue weighted by Crippen LogP contribution is 2.28. The van der Waals surface area contributed by atoms with Crippen molar-refractivity contribution in [1.82, 2.24) is 14.9 Å². The topological polar surface area (TPSA) is 82.7 Å². The summed E-state index contributed by atoms with van der Waals surface area (Å²) in [6.45, 7) is 4.28. The summed E-state index contributed by atoms with van der Waals surface area (Å²) in [6, 6.07) is 4.41. The van der Waals surface area contributed by atoms with Gasteiger partial charge in [-0.3, -0.25) is 4.79 Å². The Bertz CT molecular complexity index is 782. The second-order valence-corrected chi connectivity index (χ2v) is 7.40. The van der Waals surface area contributed by atoms with Gasteiger partial charge in [0.15, 0.2) is 5.58 Å². The van der Waals surface area contributed by atoms with E-state index >= 15 is 0 Å². The SMILES string of the molecule is Cc1ccc2oc(N3CCC(C(=O)N4CCCCC4CO)CC3)nc2n1. The van der Waals surface area contributed by atoms with Crippen LogP contribution in [-0.2, 0) is 4.79 Å². The number of piperidine rings is 2. The van der Waals surface area contributed by atoms with E-state index in [4.69, 9.17) is 4.42 Å². The van der Waals surface area contributed by atoms with Gasteiger partial charge in [-0.1, -0.05) is 0 Å². The van der Waals surface area contributed by atoms with E-state index in [0.717, 1.165) is 57.4 Å². The fourth-order valence-corrected chi connectivity index (χ4v) is 4.07. The molecule has 26 heavy (non-hydrogen) atoms. The summed E-state index contributed by atoms with van der Waals surface area (Å²) in [6.07, 6.45) is 4.63. The Morgan fingerprint density at radius 3 is 2.77 bits per heavy atom. The summed E-state index contributed by atoms with van der Waals surface area (Å²) in [4.78, 5) is 25.8. The number of amides is 1. The summed E-state index contributed by atoms with van der Waals surface area (Å²) in [5, 5.41) is 9.56. The van der Waals surface area contributed by atoms with Crippen LogP contribution >= 0.6 is 0 Å². The highest BCUT2D eigenvalue weighted by atomic mass is 16.4. The molecule has 0 aliphatic carbocycles. The minimum Gasteiger partial charge on any atom is -0.422 e. The Morgan fingerprint density at radius 1 is 1.19 bits per heavy atom. The van der Waals surface area contributed by atoms with Gasteiger partial charge in [-0.2, -0.15) is 4.98 Å². The van der Waals surface area contributed by atoms with Crippen LogP contribution in [0.3, 0.4) is 0 Å². The fourth-order valence-electron chi connectivity index (χ4n) is 4.07. The minimum absolute atomic E-state index is 0.000586. The molecule has 7 heteroatoms. The van der Waals surface area contributed by atoms with E-state index in [0.29, 0.717) is 17.2 Å².